The van der Waals surface area contributed by atoms with Gasteiger partial charge in [-0.05, 0) is 19.1 Å². The Morgan fingerprint density at radius 2 is 1.96 bits per heavy atom. The van der Waals surface area contributed by atoms with Crippen LogP contribution in [-0.4, -0.2) is 62.1 Å². The van der Waals surface area contributed by atoms with E-state index in [1.54, 1.807) is 6.92 Å². The second-order valence-corrected chi connectivity index (χ2v) is 6.29. The van der Waals surface area contributed by atoms with Crippen molar-refractivity contribution in [1.29, 1.82) is 5.26 Å². The molecule has 1 saturated heterocycles. The van der Waals surface area contributed by atoms with Crippen molar-refractivity contribution in [3.8, 4) is 6.07 Å². The summed E-state index contributed by atoms with van der Waals surface area (Å²) in [4.78, 5) is 23.9. The van der Waals surface area contributed by atoms with Crippen LogP contribution >= 0.6 is 0 Å². The van der Waals surface area contributed by atoms with Gasteiger partial charge in [0.2, 0.25) is 0 Å². The van der Waals surface area contributed by atoms with E-state index in [-0.39, 0.29) is 6.61 Å². The first-order valence-corrected chi connectivity index (χ1v) is 8.82. The number of hydrogen-bond donors (Lipinski definition) is 0. The van der Waals surface area contributed by atoms with Crippen molar-refractivity contribution in [3.63, 3.8) is 0 Å². The normalized spacial score (nSPS) is 16.6. The van der Waals surface area contributed by atoms with Gasteiger partial charge in [-0.3, -0.25) is 4.79 Å². The molecule has 0 bridgehead atoms. The zero-order valence-electron chi connectivity index (χ0n) is 15.4. The maximum atomic E-state index is 12.6. The van der Waals surface area contributed by atoms with Gasteiger partial charge in [-0.1, -0.05) is 12.1 Å². The van der Waals surface area contributed by atoms with Gasteiger partial charge in [0.25, 0.3) is 0 Å². The van der Waals surface area contributed by atoms with E-state index in [1.807, 2.05) is 35.2 Å². The Hall–Kier alpha value is -2.76. The van der Waals surface area contributed by atoms with Gasteiger partial charge in [-0.2, -0.15) is 5.26 Å². The van der Waals surface area contributed by atoms with E-state index in [4.69, 9.17) is 14.2 Å². The van der Waals surface area contributed by atoms with Crippen LogP contribution in [0.5, 0.6) is 0 Å². The summed E-state index contributed by atoms with van der Waals surface area (Å²) < 4.78 is 15.7. The number of ether oxygens (including phenoxy) is 3. The number of morpholine rings is 1. The SMILES string of the molecule is COC[C@H](C)OC(=O)[C@H](C#N)c1nc2ccccc2nc1N1CCOCC1. The maximum absolute atomic E-state index is 12.6. The van der Waals surface area contributed by atoms with E-state index in [0.717, 1.165) is 0 Å². The number of anilines is 1. The van der Waals surface area contributed by atoms with Gasteiger partial charge in [-0.15, -0.1) is 0 Å². The molecule has 0 N–H and O–H groups in total. The lowest BCUT2D eigenvalue weighted by Crippen LogP contribution is -2.38. The van der Waals surface area contributed by atoms with Gasteiger partial charge in [0, 0.05) is 20.2 Å². The molecule has 0 aliphatic carbocycles. The molecule has 2 atom stereocenters. The Bertz CT molecular complexity index is 845. The van der Waals surface area contributed by atoms with Crippen molar-refractivity contribution in [2.75, 3.05) is 44.9 Å². The molecule has 2 aromatic rings. The van der Waals surface area contributed by atoms with Crippen LogP contribution in [0.25, 0.3) is 11.0 Å². The summed E-state index contributed by atoms with van der Waals surface area (Å²) in [5, 5.41) is 9.69. The highest BCUT2D eigenvalue weighted by atomic mass is 16.6. The number of nitriles is 1. The molecule has 1 aromatic heterocycles. The number of rotatable bonds is 6. The molecule has 0 amide bonds. The number of hydrogen-bond acceptors (Lipinski definition) is 8. The average Bonchev–Trinajstić information content (AvgIpc) is 2.69. The van der Waals surface area contributed by atoms with E-state index in [0.29, 0.717) is 48.8 Å². The molecule has 8 heteroatoms. The van der Waals surface area contributed by atoms with Crippen molar-refractivity contribution < 1.29 is 19.0 Å². The number of benzene rings is 1. The van der Waals surface area contributed by atoms with Crippen LogP contribution in [-0.2, 0) is 19.0 Å². The minimum atomic E-state index is -1.17. The fourth-order valence-electron chi connectivity index (χ4n) is 2.97. The van der Waals surface area contributed by atoms with Crippen molar-refractivity contribution >= 4 is 22.8 Å². The quantitative estimate of drug-likeness (QED) is 0.708. The highest BCUT2D eigenvalue weighted by molar-refractivity contribution is 5.85. The third-order valence-corrected chi connectivity index (χ3v) is 4.25. The van der Waals surface area contributed by atoms with Crippen LogP contribution in [0.15, 0.2) is 24.3 Å². The third kappa shape index (κ3) is 4.32. The van der Waals surface area contributed by atoms with Gasteiger partial charge < -0.3 is 19.1 Å². The first-order valence-electron chi connectivity index (χ1n) is 8.82. The van der Waals surface area contributed by atoms with Gasteiger partial charge in [0.1, 0.15) is 11.8 Å². The molecule has 1 aliphatic rings. The van der Waals surface area contributed by atoms with Gasteiger partial charge in [0.05, 0.1) is 36.9 Å². The number of fused-ring (bicyclic) bond motifs is 1. The maximum Gasteiger partial charge on any atom is 0.330 e. The second-order valence-electron chi connectivity index (χ2n) is 6.29. The highest BCUT2D eigenvalue weighted by Gasteiger charge is 2.31. The molecule has 3 rings (SSSR count). The van der Waals surface area contributed by atoms with Crippen LogP contribution in [0.2, 0.25) is 0 Å². The molecule has 1 aromatic carbocycles. The molecule has 0 unspecified atom stereocenters. The number of carbonyl (C=O) groups excluding carboxylic acids is 1. The summed E-state index contributed by atoms with van der Waals surface area (Å²) >= 11 is 0. The summed E-state index contributed by atoms with van der Waals surface area (Å²) in [6, 6.07) is 9.42. The predicted octanol–water partition coefficient (Wildman–Crippen LogP) is 1.65. The Morgan fingerprint density at radius 3 is 2.59 bits per heavy atom. The molecule has 8 nitrogen and oxygen atoms in total. The lowest BCUT2D eigenvalue weighted by Gasteiger charge is -2.29. The van der Waals surface area contributed by atoms with Crippen LogP contribution in [0.1, 0.15) is 18.5 Å². The summed E-state index contributed by atoms with van der Waals surface area (Å²) in [5.41, 5.74) is 1.65. The van der Waals surface area contributed by atoms with Crippen molar-refractivity contribution in [3.05, 3.63) is 30.0 Å². The average molecular weight is 370 g/mol. The lowest BCUT2D eigenvalue weighted by molar-refractivity contribution is -0.150. The number of para-hydroxylation sites is 2. The van der Waals surface area contributed by atoms with Crippen LogP contribution in [0.4, 0.5) is 5.82 Å². The number of carbonyl (C=O) groups is 1. The Balaban J connectivity index is 2.01. The van der Waals surface area contributed by atoms with Crippen LogP contribution < -0.4 is 4.90 Å². The summed E-state index contributed by atoms with van der Waals surface area (Å²) in [6.45, 7) is 4.32. The number of esters is 1. The summed E-state index contributed by atoms with van der Waals surface area (Å²) in [5.74, 6) is -1.29. The molecule has 0 spiro atoms. The first-order chi connectivity index (χ1) is 13.1. The van der Waals surface area contributed by atoms with E-state index in [1.165, 1.54) is 7.11 Å². The molecule has 1 fully saturated rings. The predicted molar refractivity (Wildman–Crippen MR) is 98.4 cm³/mol. The van der Waals surface area contributed by atoms with E-state index in [2.05, 4.69) is 9.97 Å². The minimum absolute atomic E-state index is 0.254. The highest BCUT2D eigenvalue weighted by Crippen LogP contribution is 2.28. The molecule has 27 heavy (non-hydrogen) atoms. The fraction of sp³-hybridized carbons (Fsp3) is 0.474. The number of methoxy groups -OCH3 is 1. The lowest BCUT2D eigenvalue weighted by atomic mass is 10.1. The molecule has 2 heterocycles. The van der Waals surface area contributed by atoms with Crippen molar-refractivity contribution in [1.82, 2.24) is 9.97 Å². The smallest absolute Gasteiger partial charge is 0.330 e. The van der Waals surface area contributed by atoms with E-state index < -0.39 is 18.0 Å². The Kier molecular flexibility index (Phi) is 6.16. The first kappa shape index (κ1) is 19.0. The zero-order chi connectivity index (χ0) is 19.2. The van der Waals surface area contributed by atoms with Crippen molar-refractivity contribution in [2.24, 2.45) is 0 Å². The zero-order valence-corrected chi connectivity index (χ0v) is 15.4. The van der Waals surface area contributed by atoms with Gasteiger partial charge in [-0.25, -0.2) is 9.97 Å². The molecule has 0 saturated carbocycles. The van der Waals surface area contributed by atoms with E-state index in [9.17, 15) is 10.1 Å². The molecule has 142 valence electrons. The molecular weight excluding hydrogens is 348 g/mol. The minimum Gasteiger partial charge on any atom is -0.459 e. The van der Waals surface area contributed by atoms with Gasteiger partial charge >= 0.3 is 5.97 Å². The third-order valence-electron chi connectivity index (χ3n) is 4.25. The van der Waals surface area contributed by atoms with E-state index >= 15 is 0 Å². The number of nitrogens with zero attached hydrogens (tertiary/aromatic N) is 4. The van der Waals surface area contributed by atoms with Crippen LogP contribution in [0, 0.1) is 11.3 Å². The molecule has 0 radical (unpaired) electrons. The molecule has 1 aliphatic heterocycles. The number of aromatic nitrogens is 2. The largest absolute Gasteiger partial charge is 0.459 e. The monoisotopic (exact) mass is 370 g/mol. The topological polar surface area (TPSA) is 97.6 Å². The van der Waals surface area contributed by atoms with Crippen molar-refractivity contribution in [2.45, 2.75) is 18.9 Å². The standard InChI is InChI=1S/C19H22N4O4/c1-13(12-25-2)27-19(24)14(11-20)17-18(23-7-9-26-10-8-23)22-16-6-4-3-5-15(16)21-17/h3-6,13-14H,7-10,12H2,1-2H3/t13-,14+/m0/s1. The summed E-state index contributed by atoms with van der Waals surface area (Å²) in [6.07, 6.45) is -0.460. The molecular formula is C19H22N4O4. The Labute approximate surface area is 157 Å². The van der Waals surface area contributed by atoms with Gasteiger partial charge in [0.15, 0.2) is 11.7 Å². The summed E-state index contributed by atoms with van der Waals surface area (Å²) in [7, 11) is 1.53. The second kappa shape index (κ2) is 8.75. The van der Waals surface area contributed by atoms with Crippen LogP contribution in [0.3, 0.4) is 0 Å². The Morgan fingerprint density at radius 1 is 1.30 bits per heavy atom. The fourth-order valence-corrected chi connectivity index (χ4v) is 2.97.